The fourth-order valence-corrected chi connectivity index (χ4v) is 2.17. The van der Waals surface area contributed by atoms with Gasteiger partial charge in [0, 0.05) is 24.3 Å². The van der Waals surface area contributed by atoms with Crippen molar-refractivity contribution in [3.63, 3.8) is 0 Å². The van der Waals surface area contributed by atoms with Gasteiger partial charge in [-0.3, -0.25) is 0 Å². The Labute approximate surface area is 115 Å². The molecule has 0 aromatic heterocycles. The van der Waals surface area contributed by atoms with Crippen LogP contribution < -0.4 is 10.6 Å². The third kappa shape index (κ3) is 3.47. The summed E-state index contributed by atoms with van der Waals surface area (Å²) in [6.45, 7) is 4.90. The summed E-state index contributed by atoms with van der Waals surface area (Å²) in [6.07, 6.45) is 2.28. The van der Waals surface area contributed by atoms with Gasteiger partial charge in [-0.25, -0.2) is 4.79 Å². The Morgan fingerprint density at radius 2 is 2.00 bits per heavy atom. The summed E-state index contributed by atoms with van der Waals surface area (Å²) in [5, 5.41) is 6.16. The van der Waals surface area contributed by atoms with Crippen molar-refractivity contribution in [2.24, 2.45) is 0 Å². The number of carbonyl (C=O) groups is 1. The molecule has 2 amide bonds. The fraction of sp³-hybridized carbons (Fsp3) is 0.533. The van der Waals surface area contributed by atoms with E-state index in [4.69, 9.17) is 0 Å². The van der Waals surface area contributed by atoms with Crippen molar-refractivity contribution in [1.29, 1.82) is 0 Å². The Balaban J connectivity index is 1.96. The van der Waals surface area contributed by atoms with Crippen molar-refractivity contribution in [3.8, 4) is 0 Å². The number of benzene rings is 1. The lowest BCUT2D eigenvalue weighted by Crippen LogP contribution is -2.36. The molecule has 1 unspecified atom stereocenters. The van der Waals surface area contributed by atoms with E-state index in [0.717, 1.165) is 25.1 Å². The molecule has 104 valence electrons. The van der Waals surface area contributed by atoms with Gasteiger partial charge in [-0.1, -0.05) is 12.1 Å². The Hall–Kier alpha value is -1.55. The number of hydrogen-bond acceptors (Lipinski definition) is 2. The molecule has 0 aliphatic heterocycles. The second-order valence-electron chi connectivity index (χ2n) is 5.08. The average Bonchev–Trinajstić information content (AvgIpc) is 3.24. The first kappa shape index (κ1) is 13.9. The quantitative estimate of drug-likeness (QED) is 0.856. The molecule has 1 saturated carbocycles. The van der Waals surface area contributed by atoms with Crippen molar-refractivity contribution < 1.29 is 4.79 Å². The van der Waals surface area contributed by atoms with Crippen molar-refractivity contribution >= 4 is 11.7 Å². The second-order valence-corrected chi connectivity index (χ2v) is 5.08. The van der Waals surface area contributed by atoms with Crippen molar-refractivity contribution in [3.05, 3.63) is 29.8 Å². The zero-order valence-corrected chi connectivity index (χ0v) is 11.9. The number of hydrogen-bond donors (Lipinski definition) is 2. The molecule has 1 aliphatic carbocycles. The first-order valence-corrected chi connectivity index (χ1v) is 7.00. The number of carbonyl (C=O) groups excluding carboxylic acids is 1. The molecule has 4 heteroatoms. The summed E-state index contributed by atoms with van der Waals surface area (Å²) in [4.78, 5) is 14.0. The highest BCUT2D eigenvalue weighted by atomic mass is 16.2. The highest BCUT2D eigenvalue weighted by Crippen LogP contribution is 2.27. The van der Waals surface area contributed by atoms with Crippen LogP contribution in [0.5, 0.6) is 0 Å². The fourth-order valence-electron chi connectivity index (χ4n) is 2.17. The normalized spacial score (nSPS) is 15.9. The minimum absolute atomic E-state index is 0.0133. The highest BCUT2D eigenvalue weighted by Gasteiger charge is 2.31. The van der Waals surface area contributed by atoms with Crippen LogP contribution in [0.4, 0.5) is 10.5 Å². The lowest BCUT2D eigenvalue weighted by Gasteiger charge is -2.21. The predicted molar refractivity (Wildman–Crippen MR) is 78.3 cm³/mol. The molecule has 1 fully saturated rings. The van der Waals surface area contributed by atoms with E-state index in [1.54, 1.807) is 0 Å². The van der Waals surface area contributed by atoms with Crippen LogP contribution >= 0.6 is 0 Å². The van der Waals surface area contributed by atoms with Gasteiger partial charge < -0.3 is 15.5 Å². The number of nitrogens with one attached hydrogen (secondary N) is 2. The average molecular weight is 261 g/mol. The van der Waals surface area contributed by atoms with Crippen LogP contribution in [0.3, 0.4) is 0 Å². The van der Waals surface area contributed by atoms with Crippen LogP contribution in [0.2, 0.25) is 0 Å². The standard InChI is InChI=1S/C15H23N3O/c1-4-18(14-9-10-14)15(19)17-13-7-5-12(6-8-13)11(2)16-3/h5-8,11,14,16H,4,9-10H2,1-3H3,(H,17,19). The summed E-state index contributed by atoms with van der Waals surface area (Å²) < 4.78 is 0. The first-order chi connectivity index (χ1) is 9.15. The van der Waals surface area contributed by atoms with Crippen molar-refractivity contribution in [2.75, 3.05) is 18.9 Å². The van der Waals surface area contributed by atoms with E-state index in [2.05, 4.69) is 17.6 Å². The molecule has 0 radical (unpaired) electrons. The molecule has 0 saturated heterocycles. The van der Waals surface area contributed by atoms with Gasteiger partial charge in [-0.05, 0) is 51.4 Å². The van der Waals surface area contributed by atoms with Gasteiger partial charge in [0.05, 0.1) is 0 Å². The molecule has 1 aliphatic rings. The summed E-state index contributed by atoms with van der Waals surface area (Å²) in [7, 11) is 1.94. The molecule has 0 spiro atoms. The predicted octanol–water partition coefficient (Wildman–Crippen LogP) is 2.98. The maximum Gasteiger partial charge on any atom is 0.322 e. The van der Waals surface area contributed by atoms with Gasteiger partial charge in [-0.2, -0.15) is 0 Å². The molecule has 2 N–H and O–H groups in total. The van der Waals surface area contributed by atoms with E-state index in [1.165, 1.54) is 5.56 Å². The van der Waals surface area contributed by atoms with Crippen LogP contribution in [0, 0.1) is 0 Å². The largest absolute Gasteiger partial charge is 0.322 e. The van der Waals surface area contributed by atoms with E-state index >= 15 is 0 Å². The lowest BCUT2D eigenvalue weighted by molar-refractivity contribution is 0.212. The van der Waals surface area contributed by atoms with Gasteiger partial charge in [0.25, 0.3) is 0 Å². The Morgan fingerprint density at radius 1 is 1.37 bits per heavy atom. The molecule has 4 nitrogen and oxygen atoms in total. The Morgan fingerprint density at radius 3 is 2.47 bits per heavy atom. The molecule has 1 atom stereocenters. The number of urea groups is 1. The van der Waals surface area contributed by atoms with Gasteiger partial charge >= 0.3 is 6.03 Å². The van der Waals surface area contributed by atoms with Crippen LogP contribution in [-0.4, -0.2) is 30.6 Å². The van der Waals surface area contributed by atoms with Gasteiger partial charge in [0.15, 0.2) is 0 Å². The summed E-state index contributed by atoms with van der Waals surface area (Å²) >= 11 is 0. The number of anilines is 1. The Bertz CT molecular complexity index is 426. The highest BCUT2D eigenvalue weighted by molar-refractivity contribution is 5.89. The molecule has 0 heterocycles. The van der Waals surface area contributed by atoms with E-state index in [-0.39, 0.29) is 6.03 Å². The van der Waals surface area contributed by atoms with Crippen LogP contribution in [0.15, 0.2) is 24.3 Å². The third-order valence-corrected chi connectivity index (χ3v) is 3.68. The monoisotopic (exact) mass is 261 g/mol. The molecule has 2 rings (SSSR count). The second kappa shape index (κ2) is 6.06. The number of nitrogens with zero attached hydrogens (tertiary/aromatic N) is 1. The van der Waals surface area contributed by atoms with Crippen LogP contribution in [0.1, 0.15) is 38.3 Å². The topological polar surface area (TPSA) is 44.4 Å². The minimum Gasteiger partial charge on any atom is -0.322 e. The van der Waals surface area contributed by atoms with E-state index in [0.29, 0.717) is 12.1 Å². The molecule has 19 heavy (non-hydrogen) atoms. The van der Waals surface area contributed by atoms with Gasteiger partial charge in [-0.15, -0.1) is 0 Å². The van der Waals surface area contributed by atoms with Crippen LogP contribution in [0.25, 0.3) is 0 Å². The van der Waals surface area contributed by atoms with Crippen LogP contribution in [-0.2, 0) is 0 Å². The van der Waals surface area contributed by atoms with E-state index in [1.807, 2.05) is 43.1 Å². The number of amides is 2. The van der Waals surface area contributed by atoms with E-state index < -0.39 is 0 Å². The molecule has 1 aromatic carbocycles. The lowest BCUT2D eigenvalue weighted by atomic mass is 10.1. The summed E-state index contributed by atoms with van der Waals surface area (Å²) in [5.74, 6) is 0. The maximum atomic E-state index is 12.1. The molecular weight excluding hydrogens is 238 g/mol. The minimum atomic E-state index is 0.0133. The third-order valence-electron chi connectivity index (χ3n) is 3.68. The van der Waals surface area contributed by atoms with Crippen molar-refractivity contribution in [2.45, 2.75) is 38.8 Å². The SMILES string of the molecule is CCN(C(=O)Nc1ccc(C(C)NC)cc1)C1CC1. The summed E-state index contributed by atoms with van der Waals surface area (Å²) in [5.41, 5.74) is 2.08. The van der Waals surface area contributed by atoms with E-state index in [9.17, 15) is 4.79 Å². The maximum absolute atomic E-state index is 12.1. The molecule has 1 aromatic rings. The molecule has 0 bridgehead atoms. The first-order valence-electron chi connectivity index (χ1n) is 7.00. The smallest absolute Gasteiger partial charge is 0.322 e. The van der Waals surface area contributed by atoms with Gasteiger partial charge in [0.1, 0.15) is 0 Å². The zero-order chi connectivity index (χ0) is 13.8. The summed E-state index contributed by atoms with van der Waals surface area (Å²) in [6, 6.07) is 8.80. The Kier molecular flexibility index (Phi) is 4.43. The number of rotatable bonds is 5. The molecular formula is C15H23N3O. The van der Waals surface area contributed by atoms with Crippen molar-refractivity contribution in [1.82, 2.24) is 10.2 Å². The zero-order valence-electron chi connectivity index (χ0n) is 11.9. The van der Waals surface area contributed by atoms with Gasteiger partial charge in [0.2, 0.25) is 0 Å².